The predicted octanol–water partition coefficient (Wildman–Crippen LogP) is 1.80. The third kappa shape index (κ3) is 2.02. The zero-order valence-electron chi connectivity index (χ0n) is 10.2. The minimum absolute atomic E-state index is 0.0842. The third-order valence-corrected chi connectivity index (χ3v) is 3.69. The third-order valence-electron chi connectivity index (χ3n) is 3.69. The van der Waals surface area contributed by atoms with Crippen LogP contribution in [0.5, 0.6) is 0 Å². The summed E-state index contributed by atoms with van der Waals surface area (Å²) in [5.74, 6) is -0.972. The van der Waals surface area contributed by atoms with E-state index in [-0.39, 0.29) is 11.6 Å². The Kier molecular flexibility index (Phi) is 2.83. The Labute approximate surface area is 110 Å². The van der Waals surface area contributed by atoms with Crippen molar-refractivity contribution in [3.8, 4) is 0 Å². The van der Waals surface area contributed by atoms with E-state index in [2.05, 4.69) is 4.98 Å². The number of aromatic carboxylic acids is 1. The topological polar surface area (TPSA) is 75.3 Å². The number of aromatic nitrogens is 2. The van der Waals surface area contributed by atoms with Crippen LogP contribution < -0.4 is 0 Å². The zero-order valence-corrected chi connectivity index (χ0v) is 10.2. The molecule has 0 aliphatic heterocycles. The zero-order chi connectivity index (χ0) is 13.4. The van der Waals surface area contributed by atoms with Crippen molar-refractivity contribution >= 4 is 5.97 Å². The van der Waals surface area contributed by atoms with Crippen LogP contribution in [0.2, 0.25) is 0 Å². The molecule has 0 bridgehead atoms. The molecule has 2 N–H and O–H groups in total. The lowest BCUT2D eigenvalue weighted by Gasteiger charge is -2.31. The molecule has 5 nitrogen and oxygen atoms in total. The highest BCUT2D eigenvalue weighted by molar-refractivity contribution is 5.88. The minimum atomic E-state index is -0.972. The maximum atomic E-state index is 11.0. The van der Waals surface area contributed by atoms with Crippen LogP contribution in [-0.4, -0.2) is 25.7 Å². The van der Waals surface area contributed by atoms with Crippen molar-refractivity contribution in [2.75, 3.05) is 0 Å². The van der Waals surface area contributed by atoms with Gasteiger partial charge in [0.1, 0.15) is 0 Å². The molecule has 2 aromatic rings. The van der Waals surface area contributed by atoms with Gasteiger partial charge in [-0.1, -0.05) is 6.07 Å². The number of carbonyl (C=O) groups is 1. The van der Waals surface area contributed by atoms with Crippen LogP contribution in [0, 0.1) is 0 Å². The van der Waals surface area contributed by atoms with Gasteiger partial charge < -0.3 is 14.8 Å². The first-order valence-electron chi connectivity index (χ1n) is 6.18. The summed E-state index contributed by atoms with van der Waals surface area (Å²) in [5, 5.41) is 19.5. The van der Waals surface area contributed by atoms with Crippen LogP contribution in [0.25, 0.3) is 0 Å². The van der Waals surface area contributed by atoms with Gasteiger partial charge in [0, 0.05) is 12.4 Å². The van der Waals surface area contributed by atoms with Crippen molar-refractivity contribution in [1.82, 2.24) is 9.55 Å². The SMILES string of the molecule is O=C(O)c1ccc2c(c1)[C@@H](O)C(n1ccnc1)CC2. The molecule has 1 unspecified atom stereocenters. The van der Waals surface area contributed by atoms with Gasteiger partial charge in [0.15, 0.2) is 0 Å². The van der Waals surface area contributed by atoms with Crippen LogP contribution in [-0.2, 0) is 6.42 Å². The van der Waals surface area contributed by atoms with E-state index in [0.29, 0.717) is 5.56 Å². The largest absolute Gasteiger partial charge is 0.478 e. The lowest BCUT2D eigenvalue weighted by atomic mass is 9.85. The van der Waals surface area contributed by atoms with Crippen LogP contribution in [0.1, 0.15) is 40.1 Å². The molecule has 5 heteroatoms. The predicted molar refractivity (Wildman–Crippen MR) is 67.9 cm³/mol. The smallest absolute Gasteiger partial charge is 0.335 e. The molecule has 1 aromatic heterocycles. The maximum Gasteiger partial charge on any atom is 0.335 e. The molecule has 0 spiro atoms. The molecule has 0 radical (unpaired) electrons. The first-order chi connectivity index (χ1) is 9.16. The summed E-state index contributed by atoms with van der Waals surface area (Å²) in [5.41, 5.74) is 1.95. The van der Waals surface area contributed by atoms with Gasteiger partial charge in [-0.25, -0.2) is 9.78 Å². The van der Waals surface area contributed by atoms with Gasteiger partial charge in [0.2, 0.25) is 0 Å². The summed E-state index contributed by atoms with van der Waals surface area (Å²) in [6.45, 7) is 0. The molecule has 1 aliphatic carbocycles. The molecule has 0 saturated heterocycles. The molecule has 98 valence electrons. The monoisotopic (exact) mass is 258 g/mol. The molecule has 2 atom stereocenters. The van der Waals surface area contributed by atoms with Gasteiger partial charge in [0.25, 0.3) is 0 Å². The Balaban J connectivity index is 2.00. The van der Waals surface area contributed by atoms with E-state index < -0.39 is 12.1 Å². The quantitative estimate of drug-likeness (QED) is 0.861. The number of carboxylic acid groups (broad SMARTS) is 1. The van der Waals surface area contributed by atoms with E-state index in [1.165, 1.54) is 0 Å². The molecule has 1 aromatic carbocycles. The van der Waals surface area contributed by atoms with Crippen molar-refractivity contribution in [2.24, 2.45) is 0 Å². The van der Waals surface area contributed by atoms with E-state index in [9.17, 15) is 9.90 Å². The van der Waals surface area contributed by atoms with Crippen LogP contribution in [0.3, 0.4) is 0 Å². The van der Waals surface area contributed by atoms with Gasteiger partial charge in [-0.3, -0.25) is 0 Å². The number of fused-ring (bicyclic) bond motifs is 1. The fourth-order valence-corrected chi connectivity index (χ4v) is 2.68. The summed E-state index contributed by atoms with van der Waals surface area (Å²) < 4.78 is 1.88. The Bertz CT molecular complexity index is 607. The number of imidazole rings is 1. The Hall–Kier alpha value is -2.14. The van der Waals surface area contributed by atoms with Gasteiger partial charge in [-0.2, -0.15) is 0 Å². The van der Waals surface area contributed by atoms with Crippen LogP contribution in [0.15, 0.2) is 36.9 Å². The molecular formula is C14H14N2O3. The first kappa shape index (κ1) is 11.9. The number of benzene rings is 1. The Morgan fingerprint density at radius 3 is 2.95 bits per heavy atom. The summed E-state index contributed by atoms with van der Waals surface area (Å²) >= 11 is 0. The average Bonchev–Trinajstić information content (AvgIpc) is 2.92. The van der Waals surface area contributed by atoms with Crippen molar-refractivity contribution < 1.29 is 15.0 Å². The number of nitrogens with zero attached hydrogens (tertiary/aromatic N) is 2. The van der Waals surface area contributed by atoms with Crippen molar-refractivity contribution in [1.29, 1.82) is 0 Å². The number of aliphatic hydroxyl groups excluding tert-OH is 1. The number of hydrogen-bond donors (Lipinski definition) is 2. The van der Waals surface area contributed by atoms with Gasteiger partial charge in [0.05, 0.1) is 24.0 Å². The summed E-state index contributed by atoms with van der Waals surface area (Å²) in [6.07, 6.45) is 6.12. The van der Waals surface area contributed by atoms with Crippen LogP contribution in [0.4, 0.5) is 0 Å². The molecule has 0 saturated carbocycles. The molecule has 1 aliphatic rings. The second-order valence-corrected chi connectivity index (χ2v) is 4.78. The fraction of sp³-hybridized carbons (Fsp3) is 0.286. The van der Waals surface area contributed by atoms with E-state index in [4.69, 9.17) is 5.11 Å². The van der Waals surface area contributed by atoms with Crippen molar-refractivity contribution in [3.05, 3.63) is 53.6 Å². The second-order valence-electron chi connectivity index (χ2n) is 4.78. The summed E-state index contributed by atoms with van der Waals surface area (Å²) in [6, 6.07) is 4.88. The molecule has 0 fully saturated rings. The highest BCUT2D eigenvalue weighted by Crippen LogP contribution is 2.37. The second kappa shape index (κ2) is 4.51. The average molecular weight is 258 g/mol. The van der Waals surface area contributed by atoms with E-state index in [1.807, 2.05) is 10.8 Å². The number of hydrogen-bond acceptors (Lipinski definition) is 3. The first-order valence-corrected chi connectivity index (χ1v) is 6.18. The summed E-state index contributed by atoms with van der Waals surface area (Å²) in [4.78, 5) is 15.0. The minimum Gasteiger partial charge on any atom is -0.478 e. The number of carboxylic acids is 1. The molecular weight excluding hydrogens is 244 g/mol. The van der Waals surface area contributed by atoms with Crippen LogP contribution >= 0.6 is 0 Å². The highest BCUT2D eigenvalue weighted by Gasteiger charge is 2.29. The van der Waals surface area contributed by atoms with Crippen molar-refractivity contribution in [3.63, 3.8) is 0 Å². The fourth-order valence-electron chi connectivity index (χ4n) is 2.68. The number of rotatable bonds is 2. The molecule has 19 heavy (non-hydrogen) atoms. The standard InChI is InChI=1S/C14H14N2O3/c17-13-11-7-10(14(18)19)2-1-9(11)3-4-12(13)16-6-5-15-8-16/h1-2,5-8,12-13,17H,3-4H2,(H,18,19)/t12?,13-/m1/s1. The molecule has 0 amide bonds. The number of aryl methyl sites for hydroxylation is 1. The Morgan fingerprint density at radius 2 is 2.26 bits per heavy atom. The Morgan fingerprint density at radius 1 is 1.42 bits per heavy atom. The van der Waals surface area contributed by atoms with E-state index >= 15 is 0 Å². The molecule has 1 heterocycles. The van der Waals surface area contributed by atoms with E-state index in [0.717, 1.165) is 18.4 Å². The number of aliphatic hydroxyl groups is 1. The molecule has 3 rings (SSSR count). The normalized spacial score (nSPS) is 21.9. The van der Waals surface area contributed by atoms with Gasteiger partial charge >= 0.3 is 5.97 Å². The van der Waals surface area contributed by atoms with E-state index in [1.54, 1.807) is 30.7 Å². The van der Waals surface area contributed by atoms with Crippen molar-refractivity contribution in [2.45, 2.75) is 25.0 Å². The lowest BCUT2D eigenvalue weighted by Crippen LogP contribution is -2.23. The lowest BCUT2D eigenvalue weighted by molar-refractivity contribution is 0.0695. The van der Waals surface area contributed by atoms with Gasteiger partial charge in [-0.15, -0.1) is 0 Å². The van der Waals surface area contributed by atoms with Gasteiger partial charge in [-0.05, 0) is 36.1 Å². The highest BCUT2D eigenvalue weighted by atomic mass is 16.4. The summed E-state index contributed by atoms with van der Waals surface area (Å²) in [7, 11) is 0. The maximum absolute atomic E-state index is 11.0.